The van der Waals surface area contributed by atoms with E-state index >= 15 is 0 Å². The molecule has 0 aliphatic carbocycles. The first-order valence-corrected chi connectivity index (χ1v) is 17.3. The van der Waals surface area contributed by atoms with E-state index in [0.717, 1.165) is 4.90 Å². The Labute approximate surface area is 278 Å². The summed E-state index contributed by atoms with van der Waals surface area (Å²) >= 11 is 0. The van der Waals surface area contributed by atoms with E-state index in [9.17, 15) is 29.4 Å². The molecule has 3 atom stereocenters. The lowest BCUT2D eigenvalue weighted by Crippen LogP contribution is -2.74. The van der Waals surface area contributed by atoms with Gasteiger partial charge in [0.1, 0.15) is 18.8 Å². The number of rotatable bonds is 11. The SMILES string of the molecule is C=CCOC(=O)C(C(O)C(O)C(C)(N1CCC1=O)N1C(=O)c2ccccc2C1=O)=P(c1ccccc1)(c1ccccc1)c1ccccc1. The minimum absolute atomic E-state index is 0.109. The molecule has 2 heterocycles. The Morgan fingerprint density at radius 1 is 0.812 bits per heavy atom. The van der Waals surface area contributed by atoms with Crippen LogP contribution >= 0.6 is 6.89 Å². The van der Waals surface area contributed by atoms with Crippen molar-refractivity contribution >= 4 is 51.8 Å². The first kappa shape index (κ1) is 32.8. The Hall–Kier alpha value is -5.08. The summed E-state index contributed by atoms with van der Waals surface area (Å²) in [6.45, 7) is 1.58. The van der Waals surface area contributed by atoms with Crippen molar-refractivity contribution in [3.8, 4) is 0 Å². The Bertz CT molecular complexity index is 1810. The highest BCUT2D eigenvalue weighted by Gasteiger charge is 2.59. The van der Waals surface area contributed by atoms with E-state index < -0.39 is 48.4 Å². The lowest BCUT2D eigenvalue weighted by molar-refractivity contribution is -0.173. The molecule has 9 nitrogen and oxygen atoms in total. The summed E-state index contributed by atoms with van der Waals surface area (Å²) < 4.78 is 5.68. The van der Waals surface area contributed by atoms with Gasteiger partial charge in [-0.25, -0.2) is 9.69 Å². The largest absolute Gasteiger partial charge is 0.458 e. The van der Waals surface area contributed by atoms with Gasteiger partial charge in [0.2, 0.25) is 5.91 Å². The lowest BCUT2D eigenvalue weighted by Gasteiger charge is -2.53. The van der Waals surface area contributed by atoms with E-state index in [4.69, 9.17) is 4.74 Å². The van der Waals surface area contributed by atoms with Crippen LogP contribution in [0.5, 0.6) is 0 Å². The van der Waals surface area contributed by atoms with Gasteiger partial charge in [-0.3, -0.25) is 14.4 Å². The van der Waals surface area contributed by atoms with Gasteiger partial charge in [0.25, 0.3) is 11.8 Å². The van der Waals surface area contributed by atoms with Crippen molar-refractivity contribution in [3.63, 3.8) is 0 Å². The van der Waals surface area contributed by atoms with Crippen LogP contribution in [-0.4, -0.2) is 80.0 Å². The monoisotopic (exact) mass is 662 g/mol. The number of β-lactam (4-membered cyclic amide) rings is 1. The van der Waals surface area contributed by atoms with Gasteiger partial charge in [-0.2, -0.15) is 0 Å². The van der Waals surface area contributed by atoms with Crippen LogP contribution in [0.4, 0.5) is 0 Å². The molecule has 2 aliphatic heterocycles. The van der Waals surface area contributed by atoms with Gasteiger partial charge in [0.15, 0.2) is 5.66 Å². The molecule has 2 N–H and O–H groups in total. The minimum atomic E-state index is -3.39. The van der Waals surface area contributed by atoms with E-state index in [1.165, 1.54) is 30.0 Å². The number of hydrogen-bond acceptors (Lipinski definition) is 7. The average Bonchev–Trinajstić information content (AvgIpc) is 3.38. The zero-order chi connectivity index (χ0) is 34.1. The maximum Gasteiger partial charge on any atom is 0.338 e. The van der Waals surface area contributed by atoms with Crippen molar-refractivity contribution in [1.82, 2.24) is 9.80 Å². The van der Waals surface area contributed by atoms with E-state index in [-0.39, 0.29) is 36.0 Å². The van der Waals surface area contributed by atoms with Crippen LogP contribution in [0.3, 0.4) is 0 Å². The van der Waals surface area contributed by atoms with Crippen LogP contribution in [0.25, 0.3) is 0 Å². The molecule has 3 amide bonds. The highest BCUT2D eigenvalue weighted by Crippen LogP contribution is 2.48. The summed E-state index contributed by atoms with van der Waals surface area (Å²) in [6.07, 6.45) is -2.58. The van der Waals surface area contributed by atoms with Gasteiger partial charge in [-0.1, -0.05) is 116 Å². The number of likely N-dealkylation sites (tertiary alicyclic amines) is 1. The van der Waals surface area contributed by atoms with Gasteiger partial charge in [0, 0.05) is 13.0 Å². The normalized spacial score (nSPS) is 16.8. The zero-order valence-corrected chi connectivity index (χ0v) is 27.2. The minimum Gasteiger partial charge on any atom is -0.458 e. The fraction of sp³-hybridized carbons (Fsp3) is 0.184. The summed E-state index contributed by atoms with van der Waals surface area (Å²) in [5.41, 5.74) is -1.87. The predicted octanol–water partition coefficient (Wildman–Crippen LogP) is 2.85. The second-order valence-corrected chi connectivity index (χ2v) is 15.1. The van der Waals surface area contributed by atoms with E-state index in [1.54, 1.807) is 12.1 Å². The Morgan fingerprint density at radius 3 is 1.62 bits per heavy atom. The van der Waals surface area contributed by atoms with Crippen molar-refractivity contribution in [3.05, 3.63) is 139 Å². The third-order valence-corrected chi connectivity index (χ3v) is 13.5. The molecule has 10 heteroatoms. The second-order valence-electron chi connectivity index (χ2n) is 11.7. The fourth-order valence-corrected chi connectivity index (χ4v) is 11.2. The number of aliphatic hydroxyl groups excluding tert-OH is 2. The maximum atomic E-state index is 14.5. The number of imide groups is 1. The van der Waals surface area contributed by atoms with Crippen molar-refractivity contribution < 1.29 is 34.1 Å². The van der Waals surface area contributed by atoms with Crippen LogP contribution in [0, 0.1) is 0 Å². The molecule has 4 aromatic carbocycles. The smallest absolute Gasteiger partial charge is 0.338 e. The Kier molecular flexibility index (Phi) is 9.03. The molecule has 48 heavy (non-hydrogen) atoms. The van der Waals surface area contributed by atoms with Gasteiger partial charge in [-0.15, -0.1) is 0 Å². The fourth-order valence-electron chi connectivity index (χ4n) is 6.74. The van der Waals surface area contributed by atoms with Gasteiger partial charge >= 0.3 is 5.97 Å². The number of ether oxygens (including phenoxy) is 1. The molecule has 6 rings (SSSR count). The standard InChI is InChI=1S/C38H35N2O7P/c1-3-25-47-37(46)33(48(26-15-7-4-8-16-26,27-17-9-5-10-18-27)28-19-11-6-12-20-28)32(42)34(43)38(2,39-24-23-31(39)41)40-35(44)29-21-13-14-22-30(29)36(40)45/h3-22,32,34,42-43H,1,23-25H2,2H3. The van der Waals surface area contributed by atoms with Crippen molar-refractivity contribution in [2.75, 3.05) is 13.2 Å². The molecule has 244 valence electrons. The topological polar surface area (TPSA) is 124 Å². The number of amides is 3. The molecule has 0 bridgehead atoms. The number of benzene rings is 4. The molecule has 2 aliphatic rings. The number of hydrogen-bond donors (Lipinski definition) is 2. The number of carbonyl (C=O) groups excluding carboxylic acids is 4. The molecular weight excluding hydrogens is 627 g/mol. The molecule has 3 unspecified atom stereocenters. The lowest BCUT2D eigenvalue weighted by atomic mass is 9.90. The van der Waals surface area contributed by atoms with Crippen LogP contribution in [0.15, 0.2) is 128 Å². The molecule has 1 fully saturated rings. The van der Waals surface area contributed by atoms with Crippen molar-refractivity contribution in [2.45, 2.75) is 31.2 Å². The van der Waals surface area contributed by atoms with Gasteiger partial charge in [0.05, 0.1) is 16.4 Å². The highest BCUT2D eigenvalue weighted by atomic mass is 31.2. The predicted molar refractivity (Wildman–Crippen MR) is 185 cm³/mol. The number of nitrogens with zero attached hydrogens (tertiary/aromatic N) is 2. The van der Waals surface area contributed by atoms with E-state index in [0.29, 0.717) is 15.9 Å². The molecule has 0 radical (unpaired) electrons. The number of fused-ring (bicyclic) bond motifs is 1. The van der Waals surface area contributed by atoms with Crippen molar-refractivity contribution in [2.24, 2.45) is 0 Å². The number of aliphatic hydroxyl groups is 2. The highest BCUT2D eigenvalue weighted by molar-refractivity contribution is 7.96. The summed E-state index contributed by atoms with van der Waals surface area (Å²) in [5.74, 6) is -2.78. The van der Waals surface area contributed by atoms with E-state index in [1.807, 2.05) is 91.0 Å². The van der Waals surface area contributed by atoms with E-state index in [2.05, 4.69) is 6.58 Å². The Balaban J connectivity index is 1.68. The third-order valence-electron chi connectivity index (χ3n) is 9.12. The zero-order valence-electron chi connectivity index (χ0n) is 26.3. The molecule has 1 saturated heterocycles. The van der Waals surface area contributed by atoms with Crippen LogP contribution in [0.2, 0.25) is 0 Å². The number of carbonyl (C=O) groups is 4. The molecule has 0 saturated carbocycles. The van der Waals surface area contributed by atoms with Crippen LogP contribution in [-0.2, 0) is 14.3 Å². The maximum absolute atomic E-state index is 14.5. The van der Waals surface area contributed by atoms with Crippen LogP contribution in [0.1, 0.15) is 34.1 Å². The molecular formula is C38H35N2O7P. The third kappa shape index (κ3) is 5.11. The van der Waals surface area contributed by atoms with Gasteiger partial charge < -0.3 is 19.8 Å². The molecule has 4 aromatic rings. The first-order valence-electron chi connectivity index (χ1n) is 15.5. The summed E-state index contributed by atoms with van der Waals surface area (Å²) in [4.78, 5) is 57.5. The number of esters is 1. The first-order chi connectivity index (χ1) is 23.2. The molecule has 0 spiro atoms. The van der Waals surface area contributed by atoms with Crippen molar-refractivity contribution in [1.29, 1.82) is 0 Å². The average molecular weight is 663 g/mol. The summed E-state index contributed by atoms with van der Waals surface area (Å²) in [5, 5.41) is 27.0. The molecule has 0 aromatic heterocycles. The Morgan fingerprint density at radius 2 is 1.25 bits per heavy atom. The summed E-state index contributed by atoms with van der Waals surface area (Å²) in [7, 11) is 0. The van der Waals surface area contributed by atoms with Crippen LogP contribution < -0.4 is 15.9 Å². The second kappa shape index (κ2) is 13.2. The quantitative estimate of drug-likeness (QED) is 0.0833. The van der Waals surface area contributed by atoms with Gasteiger partial charge in [-0.05, 0) is 41.9 Å². The summed E-state index contributed by atoms with van der Waals surface area (Å²) in [6, 6.07) is 33.8.